The van der Waals surface area contributed by atoms with Gasteiger partial charge in [-0.25, -0.2) is 0 Å². The number of methoxy groups -OCH3 is 1. The number of rotatable bonds is 5. The van der Waals surface area contributed by atoms with Crippen molar-refractivity contribution in [1.82, 2.24) is 5.32 Å². The molecule has 2 nitrogen and oxygen atoms in total. The van der Waals surface area contributed by atoms with Crippen molar-refractivity contribution in [1.29, 1.82) is 0 Å². The number of hydrogen-bond acceptors (Lipinski definition) is 2. The Hall–Kier alpha value is -1.32. The van der Waals surface area contributed by atoms with Gasteiger partial charge in [-0.3, -0.25) is 0 Å². The van der Waals surface area contributed by atoms with Crippen LogP contribution in [-0.4, -0.2) is 13.2 Å². The third kappa shape index (κ3) is 3.05. The first-order valence-corrected chi connectivity index (χ1v) is 7.68. The second-order valence-corrected chi connectivity index (χ2v) is 6.11. The molecule has 0 saturated heterocycles. The van der Waals surface area contributed by atoms with Gasteiger partial charge in [-0.05, 0) is 30.2 Å². The number of benzene rings is 2. The van der Waals surface area contributed by atoms with Gasteiger partial charge in [0, 0.05) is 28.5 Å². The Labute approximate surface area is 128 Å². The summed E-state index contributed by atoms with van der Waals surface area (Å²) >= 11 is 3.51. The van der Waals surface area contributed by atoms with E-state index < -0.39 is 0 Å². The molecular weight excluding hydrogens is 314 g/mol. The van der Waals surface area contributed by atoms with Gasteiger partial charge in [-0.1, -0.05) is 46.3 Å². The van der Waals surface area contributed by atoms with Gasteiger partial charge >= 0.3 is 0 Å². The van der Waals surface area contributed by atoms with E-state index in [1.165, 1.54) is 17.5 Å². The first kappa shape index (κ1) is 13.7. The second-order valence-electron chi connectivity index (χ2n) is 5.20. The lowest BCUT2D eigenvalue weighted by Gasteiger charge is -2.10. The van der Waals surface area contributed by atoms with Crippen LogP contribution >= 0.6 is 15.9 Å². The molecule has 2 atom stereocenters. The smallest absolute Gasteiger partial charge is 0.123 e. The topological polar surface area (TPSA) is 21.3 Å². The Morgan fingerprint density at radius 1 is 1.20 bits per heavy atom. The van der Waals surface area contributed by atoms with Crippen LogP contribution < -0.4 is 10.1 Å². The van der Waals surface area contributed by atoms with E-state index in [1.54, 1.807) is 7.11 Å². The third-order valence-corrected chi connectivity index (χ3v) is 4.31. The lowest BCUT2D eigenvalue weighted by molar-refractivity contribution is 0.407. The second kappa shape index (κ2) is 5.98. The highest BCUT2D eigenvalue weighted by Crippen LogP contribution is 2.41. The molecule has 3 rings (SSSR count). The molecule has 1 aliphatic carbocycles. The van der Waals surface area contributed by atoms with Gasteiger partial charge in [-0.2, -0.15) is 0 Å². The fraction of sp³-hybridized carbons (Fsp3) is 0.294. The summed E-state index contributed by atoms with van der Waals surface area (Å²) in [6.45, 7) is 0.844. The van der Waals surface area contributed by atoms with Gasteiger partial charge in [0.1, 0.15) is 5.75 Å². The Morgan fingerprint density at radius 3 is 2.75 bits per heavy atom. The standard InChI is InChI=1S/C17H18BrNO/c1-20-17-8-7-14(18)9-13(17)11-19-16-10-15(16)12-5-3-2-4-6-12/h2-9,15-16,19H,10-11H2,1H3. The average molecular weight is 332 g/mol. The summed E-state index contributed by atoms with van der Waals surface area (Å²) in [5, 5.41) is 3.62. The molecule has 1 aliphatic rings. The minimum absolute atomic E-state index is 0.584. The minimum Gasteiger partial charge on any atom is -0.496 e. The molecule has 0 spiro atoms. The van der Waals surface area contributed by atoms with Crippen LogP contribution in [0.2, 0.25) is 0 Å². The highest BCUT2D eigenvalue weighted by Gasteiger charge is 2.37. The van der Waals surface area contributed by atoms with Crippen LogP contribution in [0.4, 0.5) is 0 Å². The van der Waals surface area contributed by atoms with E-state index in [0.29, 0.717) is 12.0 Å². The zero-order valence-electron chi connectivity index (χ0n) is 11.5. The van der Waals surface area contributed by atoms with Crippen LogP contribution in [0.15, 0.2) is 53.0 Å². The molecule has 0 heterocycles. The molecule has 1 N–H and O–H groups in total. The zero-order chi connectivity index (χ0) is 13.9. The van der Waals surface area contributed by atoms with Crippen molar-refractivity contribution >= 4 is 15.9 Å². The Balaban J connectivity index is 1.60. The van der Waals surface area contributed by atoms with Crippen molar-refractivity contribution in [2.24, 2.45) is 0 Å². The first-order chi connectivity index (χ1) is 9.78. The van der Waals surface area contributed by atoms with Gasteiger partial charge in [0.25, 0.3) is 0 Å². The molecule has 2 unspecified atom stereocenters. The van der Waals surface area contributed by atoms with Crippen LogP contribution in [0.3, 0.4) is 0 Å². The Morgan fingerprint density at radius 2 is 2.00 bits per heavy atom. The number of hydrogen-bond donors (Lipinski definition) is 1. The minimum atomic E-state index is 0.584. The maximum absolute atomic E-state index is 5.40. The van der Waals surface area contributed by atoms with Crippen LogP contribution in [0, 0.1) is 0 Å². The molecule has 0 aliphatic heterocycles. The van der Waals surface area contributed by atoms with Crippen LogP contribution in [-0.2, 0) is 6.54 Å². The predicted molar refractivity (Wildman–Crippen MR) is 85.1 cm³/mol. The molecule has 2 aromatic rings. The van der Waals surface area contributed by atoms with Crippen molar-refractivity contribution in [3.05, 3.63) is 64.1 Å². The molecule has 0 bridgehead atoms. The van der Waals surface area contributed by atoms with E-state index in [-0.39, 0.29) is 0 Å². The summed E-state index contributed by atoms with van der Waals surface area (Å²) < 4.78 is 6.49. The fourth-order valence-corrected chi connectivity index (χ4v) is 3.02. The van der Waals surface area contributed by atoms with E-state index >= 15 is 0 Å². The SMILES string of the molecule is COc1ccc(Br)cc1CNC1CC1c1ccccc1. The summed E-state index contributed by atoms with van der Waals surface area (Å²) in [5.41, 5.74) is 2.63. The summed E-state index contributed by atoms with van der Waals surface area (Å²) in [5.74, 6) is 1.60. The van der Waals surface area contributed by atoms with Crippen molar-refractivity contribution < 1.29 is 4.74 Å². The Kier molecular flexibility index (Phi) is 4.08. The fourth-order valence-electron chi connectivity index (χ4n) is 2.62. The molecule has 0 amide bonds. The molecule has 104 valence electrons. The number of nitrogens with one attached hydrogen (secondary N) is 1. The zero-order valence-corrected chi connectivity index (χ0v) is 13.1. The molecule has 2 aromatic carbocycles. The van der Waals surface area contributed by atoms with E-state index in [0.717, 1.165) is 16.8 Å². The van der Waals surface area contributed by atoms with E-state index in [4.69, 9.17) is 4.74 Å². The maximum atomic E-state index is 5.40. The molecule has 3 heteroatoms. The van der Waals surface area contributed by atoms with E-state index in [1.807, 2.05) is 12.1 Å². The van der Waals surface area contributed by atoms with Gasteiger partial charge in [0.15, 0.2) is 0 Å². The highest BCUT2D eigenvalue weighted by molar-refractivity contribution is 9.10. The summed E-state index contributed by atoms with van der Waals surface area (Å²) in [4.78, 5) is 0. The summed E-state index contributed by atoms with van der Waals surface area (Å²) in [7, 11) is 1.72. The predicted octanol–water partition coefficient (Wildman–Crippen LogP) is 4.10. The van der Waals surface area contributed by atoms with E-state index in [2.05, 4.69) is 57.6 Å². The van der Waals surface area contributed by atoms with Crippen molar-refractivity contribution in [2.75, 3.05) is 7.11 Å². The van der Waals surface area contributed by atoms with Crippen molar-refractivity contribution in [2.45, 2.75) is 24.9 Å². The van der Waals surface area contributed by atoms with Crippen LogP contribution in [0.25, 0.3) is 0 Å². The number of ether oxygens (including phenoxy) is 1. The van der Waals surface area contributed by atoms with Gasteiger partial charge in [-0.15, -0.1) is 0 Å². The summed E-state index contributed by atoms with van der Waals surface area (Å²) in [6, 6.07) is 17.4. The van der Waals surface area contributed by atoms with Crippen LogP contribution in [0.1, 0.15) is 23.5 Å². The first-order valence-electron chi connectivity index (χ1n) is 6.88. The molecule has 20 heavy (non-hydrogen) atoms. The monoisotopic (exact) mass is 331 g/mol. The molecule has 1 fully saturated rings. The molecule has 0 aromatic heterocycles. The molecule has 1 saturated carbocycles. The third-order valence-electron chi connectivity index (χ3n) is 3.82. The quantitative estimate of drug-likeness (QED) is 0.890. The van der Waals surface area contributed by atoms with Gasteiger partial charge < -0.3 is 10.1 Å². The van der Waals surface area contributed by atoms with Crippen LogP contribution in [0.5, 0.6) is 5.75 Å². The molecular formula is C17H18BrNO. The largest absolute Gasteiger partial charge is 0.496 e. The highest BCUT2D eigenvalue weighted by atomic mass is 79.9. The summed E-state index contributed by atoms with van der Waals surface area (Å²) in [6.07, 6.45) is 1.22. The lowest BCUT2D eigenvalue weighted by Crippen LogP contribution is -2.17. The molecule has 0 radical (unpaired) electrons. The van der Waals surface area contributed by atoms with Crippen molar-refractivity contribution in [3.8, 4) is 5.75 Å². The van der Waals surface area contributed by atoms with Gasteiger partial charge in [0.05, 0.1) is 7.11 Å². The normalized spacial score (nSPS) is 20.7. The lowest BCUT2D eigenvalue weighted by atomic mass is 10.1. The van der Waals surface area contributed by atoms with Gasteiger partial charge in [0.2, 0.25) is 0 Å². The van der Waals surface area contributed by atoms with Crippen molar-refractivity contribution in [3.63, 3.8) is 0 Å². The van der Waals surface area contributed by atoms with E-state index in [9.17, 15) is 0 Å². The maximum Gasteiger partial charge on any atom is 0.123 e. The average Bonchev–Trinajstić information content (AvgIpc) is 3.26. The number of halogens is 1. The Bertz CT molecular complexity index is 585.